The van der Waals surface area contributed by atoms with Crippen molar-refractivity contribution >= 4 is 38.8 Å². The Hall–Kier alpha value is -3.97. The van der Waals surface area contributed by atoms with Crippen LogP contribution in [-0.4, -0.2) is 73.0 Å². The van der Waals surface area contributed by atoms with Crippen molar-refractivity contribution < 1.29 is 27.4 Å². The molecule has 0 unspecified atom stereocenters. The van der Waals surface area contributed by atoms with Crippen molar-refractivity contribution in [3.8, 4) is 22.9 Å². The number of sulfone groups is 1. The van der Waals surface area contributed by atoms with Crippen LogP contribution < -0.4 is 25.0 Å². The number of carbonyl (C=O) groups is 1. The number of amides is 1. The highest BCUT2D eigenvalue weighted by Gasteiger charge is 2.32. The molecule has 1 fully saturated rings. The second-order valence-corrected chi connectivity index (χ2v) is 13.4. The number of pyridine rings is 3. The molecule has 0 radical (unpaired) electrons. The minimum Gasteiger partial charge on any atom is -0.479 e. The van der Waals surface area contributed by atoms with Gasteiger partial charge in [0.1, 0.15) is 23.8 Å². The van der Waals surface area contributed by atoms with E-state index in [2.05, 4.69) is 30.5 Å². The van der Waals surface area contributed by atoms with Crippen LogP contribution in [0.15, 0.2) is 41.6 Å². The molecule has 3 aromatic heterocycles. The van der Waals surface area contributed by atoms with E-state index < -0.39 is 15.4 Å². The number of nitrogens with one attached hydrogen (secondary N) is 2. The van der Waals surface area contributed by atoms with E-state index in [1.807, 2.05) is 27.7 Å². The summed E-state index contributed by atoms with van der Waals surface area (Å²) >= 11 is 0. The number of carbonyl (C=O) groups excluding carboxylic acids is 1. The van der Waals surface area contributed by atoms with Crippen molar-refractivity contribution in [2.75, 3.05) is 48.2 Å². The third-order valence-electron chi connectivity index (χ3n) is 6.64. The van der Waals surface area contributed by atoms with E-state index in [-0.39, 0.29) is 16.5 Å². The molecule has 3 aromatic rings. The first kappa shape index (κ1) is 28.6. The molecule has 1 saturated heterocycles. The standard InChI is InChI=1S/C28H34N6O6S/c1-17(35)30-23-13-21(19(14-29-23)20-7-8-22-26(32-20)39-16-28(4,5)40-22)31-24-11-18(12-25(33-24)41(6,36)37)34-9-10-38-15-27(34,2)3/h7-8,11-14H,9-10,15-16H2,1-6H3,(H2,29,30,31,33,35). The minimum atomic E-state index is -3.64. The van der Waals surface area contributed by atoms with Crippen LogP contribution in [0.1, 0.15) is 34.6 Å². The van der Waals surface area contributed by atoms with E-state index in [1.165, 1.54) is 6.92 Å². The average molecular weight is 583 g/mol. The maximum atomic E-state index is 12.7. The Labute approximate surface area is 239 Å². The molecule has 0 saturated carbocycles. The van der Waals surface area contributed by atoms with Crippen LogP contribution in [-0.2, 0) is 19.4 Å². The minimum absolute atomic E-state index is 0.0717. The molecule has 2 aliphatic rings. The van der Waals surface area contributed by atoms with Gasteiger partial charge in [-0.3, -0.25) is 4.79 Å². The van der Waals surface area contributed by atoms with Crippen molar-refractivity contribution in [2.45, 2.75) is 50.8 Å². The number of hydrogen-bond donors (Lipinski definition) is 2. The summed E-state index contributed by atoms with van der Waals surface area (Å²) < 4.78 is 42.8. The van der Waals surface area contributed by atoms with Crippen LogP contribution in [0, 0.1) is 0 Å². The van der Waals surface area contributed by atoms with Gasteiger partial charge in [-0.15, -0.1) is 0 Å². The largest absolute Gasteiger partial charge is 0.479 e. The second-order valence-electron chi connectivity index (χ2n) is 11.4. The van der Waals surface area contributed by atoms with Crippen molar-refractivity contribution in [3.05, 3.63) is 36.5 Å². The fraction of sp³-hybridized carbons (Fsp3) is 0.429. The lowest BCUT2D eigenvalue weighted by Crippen LogP contribution is -2.53. The molecule has 0 atom stereocenters. The summed E-state index contributed by atoms with van der Waals surface area (Å²) in [6.07, 6.45) is 2.70. The van der Waals surface area contributed by atoms with E-state index >= 15 is 0 Å². The Kier molecular flexibility index (Phi) is 7.28. The number of nitrogens with zero attached hydrogens (tertiary/aromatic N) is 4. The first-order chi connectivity index (χ1) is 19.2. The molecule has 41 heavy (non-hydrogen) atoms. The lowest BCUT2D eigenvalue weighted by atomic mass is 10.0. The van der Waals surface area contributed by atoms with Gasteiger partial charge in [-0.2, -0.15) is 0 Å². The first-order valence-corrected chi connectivity index (χ1v) is 15.0. The highest BCUT2D eigenvalue weighted by Crippen LogP contribution is 2.38. The quantitative estimate of drug-likeness (QED) is 0.438. The van der Waals surface area contributed by atoms with Crippen LogP contribution in [0.3, 0.4) is 0 Å². The fourth-order valence-electron chi connectivity index (χ4n) is 4.72. The summed E-state index contributed by atoms with van der Waals surface area (Å²) in [4.78, 5) is 27.3. The summed E-state index contributed by atoms with van der Waals surface area (Å²) in [5.41, 5.74) is 1.46. The maximum Gasteiger partial charge on any atom is 0.257 e. The van der Waals surface area contributed by atoms with Gasteiger partial charge in [0.2, 0.25) is 5.91 Å². The van der Waals surface area contributed by atoms with Gasteiger partial charge >= 0.3 is 0 Å². The third kappa shape index (κ3) is 6.35. The lowest BCUT2D eigenvalue weighted by molar-refractivity contribution is -0.114. The molecule has 0 bridgehead atoms. The van der Waals surface area contributed by atoms with E-state index in [0.29, 0.717) is 72.3 Å². The normalized spacial score (nSPS) is 17.6. The SMILES string of the molecule is CC(=O)Nc1cc(Nc2cc(N3CCOCC3(C)C)cc(S(C)(=O)=O)n2)c(-c2ccc3c(n2)OCC(C)(C)O3)cn1. The van der Waals surface area contributed by atoms with Crippen LogP contribution in [0.4, 0.5) is 23.0 Å². The summed E-state index contributed by atoms with van der Waals surface area (Å²) in [6.45, 7) is 11.3. The Morgan fingerprint density at radius 1 is 1.05 bits per heavy atom. The molecule has 12 nitrogen and oxygen atoms in total. The van der Waals surface area contributed by atoms with Crippen molar-refractivity contribution in [3.63, 3.8) is 0 Å². The molecule has 5 rings (SSSR count). The zero-order valence-electron chi connectivity index (χ0n) is 23.9. The van der Waals surface area contributed by atoms with Crippen LogP contribution in [0.25, 0.3) is 11.3 Å². The van der Waals surface area contributed by atoms with E-state index in [1.54, 1.807) is 36.5 Å². The smallest absolute Gasteiger partial charge is 0.257 e. The highest BCUT2D eigenvalue weighted by atomic mass is 32.2. The zero-order chi connectivity index (χ0) is 29.6. The number of morpholine rings is 1. The number of aromatic nitrogens is 3. The Balaban J connectivity index is 1.59. The molecule has 2 aliphatic heterocycles. The molecule has 218 valence electrons. The molecular weight excluding hydrogens is 548 g/mol. The van der Waals surface area contributed by atoms with Crippen molar-refractivity contribution in [2.24, 2.45) is 0 Å². The number of hydrogen-bond acceptors (Lipinski definition) is 11. The fourth-order valence-corrected chi connectivity index (χ4v) is 5.31. The zero-order valence-corrected chi connectivity index (χ0v) is 24.8. The molecule has 0 aliphatic carbocycles. The summed E-state index contributed by atoms with van der Waals surface area (Å²) in [6, 6.07) is 8.58. The van der Waals surface area contributed by atoms with Crippen molar-refractivity contribution in [1.29, 1.82) is 0 Å². The summed E-state index contributed by atoms with van der Waals surface area (Å²) in [7, 11) is -3.64. The van der Waals surface area contributed by atoms with Gasteiger partial charge in [0, 0.05) is 49.3 Å². The molecule has 5 heterocycles. The van der Waals surface area contributed by atoms with Crippen LogP contribution in [0.5, 0.6) is 11.6 Å². The summed E-state index contributed by atoms with van der Waals surface area (Å²) in [5.74, 6) is 1.20. The molecule has 0 aromatic carbocycles. The van der Waals surface area contributed by atoms with Gasteiger partial charge in [-0.1, -0.05) is 0 Å². The van der Waals surface area contributed by atoms with E-state index in [4.69, 9.17) is 14.2 Å². The van der Waals surface area contributed by atoms with Crippen LogP contribution >= 0.6 is 0 Å². The Morgan fingerprint density at radius 2 is 1.83 bits per heavy atom. The molecular formula is C28H34N6O6S. The van der Waals surface area contributed by atoms with Gasteiger partial charge in [-0.05, 0) is 45.9 Å². The molecule has 13 heteroatoms. The average Bonchev–Trinajstić information content (AvgIpc) is 2.87. The van der Waals surface area contributed by atoms with Gasteiger partial charge in [-0.25, -0.2) is 23.4 Å². The summed E-state index contributed by atoms with van der Waals surface area (Å²) in [5, 5.41) is 5.87. The van der Waals surface area contributed by atoms with Gasteiger partial charge in [0.05, 0.1) is 30.1 Å². The molecule has 1 amide bonds. The topological polar surface area (TPSA) is 145 Å². The number of ether oxygens (including phenoxy) is 3. The second kappa shape index (κ2) is 10.5. The Bertz CT molecular complexity index is 1610. The Morgan fingerprint density at radius 3 is 2.54 bits per heavy atom. The van der Waals surface area contributed by atoms with E-state index in [9.17, 15) is 13.2 Å². The van der Waals surface area contributed by atoms with Crippen molar-refractivity contribution in [1.82, 2.24) is 15.0 Å². The number of anilines is 4. The first-order valence-electron chi connectivity index (χ1n) is 13.2. The predicted octanol–water partition coefficient (Wildman–Crippen LogP) is 3.81. The molecule has 0 spiro atoms. The number of fused-ring (bicyclic) bond motifs is 1. The third-order valence-corrected chi connectivity index (χ3v) is 7.61. The lowest BCUT2D eigenvalue weighted by Gasteiger charge is -2.44. The maximum absolute atomic E-state index is 12.7. The predicted molar refractivity (Wildman–Crippen MR) is 155 cm³/mol. The van der Waals surface area contributed by atoms with Gasteiger partial charge < -0.3 is 29.7 Å². The van der Waals surface area contributed by atoms with Crippen LogP contribution in [0.2, 0.25) is 0 Å². The monoisotopic (exact) mass is 582 g/mol. The van der Waals surface area contributed by atoms with Gasteiger partial charge in [0.15, 0.2) is 20.6 Å². The molecule has 2 N–H and O–H groups in total. The highest BCUT2D eigenvalue weighted by molar-refractivity contribution is 7.90. The number of rotatable bonds is 6. The van der Waals surface area contributed by atoms with E-state index in [0.717, 1.165) is 6.26 Å². The van der Waals surface area contributed by atoms with Gasteiger partial charge in [0.25, 0.3) is 5.88 Å².